The minimum Gasteiger partial charge on any atom is -0.506 e. The topological polar surface area (TPSA) is 60.2 Å². The van der Waals surface area contributed by atoms with E-state index in [0.717, 1.165) is 55.3 Å². The summed E-state index contributed by atoms with van der Waals surface area (Å²) in [6.45, 7) is 0. The summed E-state index contributed by atoms with van der Waals surface area (Å²) in [6, 6.07) is 46.4. The number of aromatic hydroxyl groups is 1. The molecule has 3 heterocycles. The molecule has 0 fully saturated rings. The maximum absolute atomic E-state index is 10.9. The number of ether oxygens (including phenoxy) is 1. The van der Waals surface area contributed by atoms with E-state index in [9.17, 15) is 5.11 Å². The van der Waals surface area contributed by atoms with Crippen LogP contribution in [0, 0.1) is 0 Å². The molecule has 1 N–H and O–H groups in total. The zero-order chi connectivity index (χ0) is 28.8. The minimum absolute atomic E-state index is 0.112. The molecule has 8 aromatic rings. The van der Waals surface area contributed by atoms with Crippen molar-refractivity contribution in [3.63, 3.8) is 0 Å². The largest absolute Gasteiger partial charge is 0.506 e. The van der Waals surface area contributed by atoms with E-state index >= 15 is 0 Å². The fraction of sp³-hybridized carbons (Fsp3) is 0. The first-order valence-corrected chi connectivity index (χ1v) is 14.1. The van der Waals surface area contributed by atoms with E-state index in [1.165, 1.54) is 0 Å². The maximum atomic E-state index is 10.9. The highest BCUT2D eigenvalue weighted by Crippen LogP contribution is 2.40. The third-order valence-electron chi connectivity index (χ3n) is 7.80. The molecular weight excluding hydrogens is 530 g/mol. The van der Waals surface area contributed by atoms with Gasteiger partial charge in [0.05, 0.1) is 11.0 Å². The predicted octanol–water partition coefficient (Wildman–Crippen LogP) is 9.56. The SMILES string of the molecule is Oc1cc(-c2ccccc2)cc2ccc(Oc3ccc4c5cccc(-c6ccccc6)c5n(-c5ccccn5)c4c3)nc12. The molecule has 0 atom stereocenters. The summed E-state index contributed by atoms with van der Waals surface area (Å²) in [5.74, 6) is 1.98. The Morgan fingerprint density at radius 3 is 2.19 bits per heavy atom. The Bertz CT molecular complexity index is 2260. The lowest BCUT2D eigenvalue weighted by atomic mass is 10.0. The lowest BCUT2D eigenvalue weighted by molar-refractivity contribution is 0.460. The van der Waals surface area contributed by atoms with E-state index in [0.29, 0.717) is 17.1 Å². The summed E-state index contributed by atoms with van der Waals surface area (Å²) in [4.78, 5) is 9.40. The molecule has 204 valence electrons. The van der Waals surface area contributed by atoms with Gasteiger partial charge in [-0.25, -0.2) is 9.97 Å². The first kappa shape index (κ1) is 24.8. The average molecular weight is 556 g/mol. The molecule has 0 unspecified atom stereocenters. The van der Waals surface area contributed by atoms with Crippen molar-refractivity contribution in [2.24, 2.45) is 0 Å². The molecule has 5 nitrogen and oxygen atoms in total. The number of benzene rings is 5. The zero-order valence-electron chi connectivity index (χ0n) is 23.1. The van der Waals surface area contributed by atoms with Crippen LogP contribution in [0.4, 0.5) is 0 Å². The summed E-state index contributed by atoms with van der Waals surface area (Å²) >= 11 is 0. The number of phenolic OH excluding ortho intramolecular Hbond substituents is 1. The molecule has 0 aliphatic heterocycles. The number of aromatic nitrogens is 3. The number of rotatable bonds is 5. The van der Waals surface area contributed by atoms with Crippen LogP contribution in [0.3, 0.4) is 0 Å². The van der Waals surface area contributed by atoms with E-state index in [-0.39, 0.29) is 5.75 Å². The Kier molecular flexibility index (Phi) is 5.86. The molecule has 0 aliphatic carbocycles. The highest BCUT2D eigenvalue weighted by molar-refractivity contribution is 6.14. The van der Waals surface area contributed by atoms with E-state index < -0.39 is 0 Å². The van der Waals surface area contributed by atoms with Crippen molar-refractivity contribution in [2.75, 3.05) is 0 Å². The van der Waals surface area contributed by atoms with Crippen LogP contribution in [0.15, 0.2) is 146 Å². The monoisotopic (exact) mass is 555 g/mol. The standard InChI is InChI=1S/C38H25N3O2/c42-34-23-28(25-10-3-1-4-11-25)22-27-17-20-36(40-37(27)34)43-29-18-19-31-32-15-9-14-30(26-12-5-2-6-13-26)38(32)41(33(31)24-29)35-16-7-8-21-39-35/h1-24,42H. The Morgan fingerprint density at radius 1 is 0.605 bits per heavy atom. The van der Waals surface area contributed by atoms with Crippen LogP contribution in [0.25, 0.3) is 60.8 Å². The van der Waals surface area contributed by atoms with Crippen LogP contribution in [0.2, 0.25) is 0 Å². The van der Waals surface area contributed by atoms with E-state index in [1.807, 2.05) is 91.1 Å². The van der Waals surface area contributed by atoms with Gasteiger partial charge in [-0.05, 0) is 59.2 Å². The van der Waals surface area contributed by atoms with Crippen molar-refractivity contribution in [3.8, 4) is 45.5 Å². The second kappa shape index (κ2) is 10.2. The Hall–Kier alpha value is -5.94. The highest BCUT2D eigenvalue weighted by Gasteiger charge is 2.18. The predicted molar refractivity (Wildman–Crippen MR) is 173 cm³/mol. The number of hydrogen-bond acceptors (Lipinski definition) is 4. The van der Waals surface area contributed by atoms with E-state index in [4.69, 9.17) is 9.72 Å². The number of hydrogen-bond donors (Lipinski definition) is 1. The van der Waals surface area contributed by atoms with Gasteiger partial charge in [-0.3, -0.25) is 4.57 Å². The fourth-order valence-corrected chi connectivity index (χ4v) is 5.86. The van der Waals surface area contributed by atoms with Crippen LogP contribution in [-0.2, 0) is 0 Å². The van der Waals surface area contributed by atoms with Gasteiger partial charge < -0.3 is 9.84 Å². The summed E-state index contributed by atoms with van der Waals surface area (Å²) in [5, 5.41) is 14.0. The number of fused-ring (bicyclic) bond motifs is 4. The minimum atomic E-state index is 0.112. The fourth-order valence-electron chi connectivity index (χ4n) is 5.86. The van der Waals surface area contributed by atoms with Crippen LogP contribution in [0.1, 0.15) is 0 Å². The first-order chi connectivity index (χ1) is 21.2. The highest BCUT2D eigenvalue weighted by atomic mass is 16.5. The summed E-state index contributed by atoms with van der Waals surface area (Å²) < 4.78 is 8.51. The van der Waals surface area contributed by atoms with Gasteiger partial charge in [-0.1, -0.05) is 84.9 Å². The second-order valence-corrected chi connectivity index (χ2v) is 10.5. The number of nitrogens with zero attached hydrogens (tertiary/aromatic N) is 3. The Morgan fingerprint density at radius 2 is 1.40 bits per heavy atom. The maximum Gasteiger partial charge on any atom is 0.219 e. The first-order valence-electron chi connectivity index (χ1n) is 14.1. The van der Waals surface area contributed by atoms with Gasteiger partial charge in [-0.15, -0.1) is 0 Å². The molecular formula is C38H25N3O2. The quantitative estimate of drug-likeness (QED) is 0.230. The van der Waals surface area contributed by atoms with Crippen molar-refractivity contribution in [1.82, 2.24) is 14.5 Å². The molecule has 8 rings (SSSR count). The molecule has 0 aliphatic rings. The third-order valence-corrected chi connectivity index (χ3v) is 7.80. The van der Waals surface area contributed by atoms with Gasteiger partial charge in [0.25, 0.3) is 0 Å². The van der Waals surface area contributed by atoms with Crippen molar-refractivity contribution < 1.29 is 9.84 Å². The molecule has 0 radical (unpaired) electrons. The molecule has 0 saturated heterocycles. The van der Waals surface area contributed by atoms with Gasteiger partial charge >= 0.3 is 0 Å². The van der Waals surface area contributed by atoms with Crippen molar-refractivity contribution in [3.05, 3.63) is 146 Å². The normalized spacial score (nSPS) is 11.3. The molecule has 3 aromatic heterocycles. The summed E-state index contributed by atoms with van der Waals surface area (Å²) in [5.41, 5.74) is 6.79. The number of pyridine rings is 2. The van der Waals surface area contributed by atoms with Gasteiger partial charge in [0.15, 0.2) is 0 Å². The molecule has 0 bridgehead atoms. The summed E-state index contributed by atoms with van der Waals surface area (Å²) in [6.07, 6.45) is 1.81. The lowest BCUT2D eigenvalue weighted by Crippen LogP contribution is -1.98. The van der Waals surface area contributed by atoms with Crippen LogP contribution in [0.5, 0.6) is 17.4 Å². The van der Waals surface area contributed by atoms with Crippen molar-refractivity contribution >= 4 is 32.7 Å². The zero-order valence-corrected chi connectivity index (χ0v) is 23.1. The molecule has 0 amide bonds. The van der Waals surface area contributed by atoms with Gasteiger partial charge in [0.1, 0.15) is 22.8 Å². The molecule has 5 aromatic carbocycles. The lowest BCUT2D eigenvalue weighted by Gasteiger charge is -2.11. The van der Waals surface area contributed by atoms with Gasteiger partial charge in [0, 0.05) is 40.1 Å². The Labute approximate surface area is 247 Å². The smallest absolute Gasteiger partial charge is 0.219 e. The van der Waals surface area contributed by atoms with Crippen molar-refractivity contribution in [2.45, 2.75) is 0 Å². The molecule has 0 spiro atoms. The second-order valence-electron chi connectivity index (χ2n) is 10.5. The van der Waals surface area contributed by atoms with Crippen LogP contribution in [-0.4, -0.2) is 19.6 Å². The van der Waals surface area contributed by atoms with E-state index in [2.05, 4.69) is 58.1 Å². The van der Waals surface area contributed by atoms with Crippen LogP contribution < -0.4 is 4.74 Å². The average Bonchev–Trinajstić information content (AvgIpc) is 3.40. The summed E-state index contributed by atoms with van der Waals surface area (Å²) in [7, 11) is 0. The van der Waals surface area contributed by atoms with Crippen molar-refractivity contribution in [1.29, 1.82) is 0 Å². The van der Waals surface area contributed by atoms with Gasteiger partial charge in [-0.2, -0.15) is 0 Å². The number of para-hydroxylation sites is 1. The molecule has 5 heteroatoms. The van der Waals surface area contributed by atoms with Gasteiger partial charge in [0.2, 0.25) is 5.88 Å². The van der Waals surface area contributed by atoms with Crippen LogP contribution >= 0.6 is 0 Å². The third kappa shape index (κ3) is 4.35. The number of phenols is 1. The van der Waals surface area contributed by atoms with E-state index in [1.54, 1.807) is 6.07 Å². The Balaban J connectivity index is 1.25. The molecule has 0 saturated carbocycles. The molecule has 43 heavy (non-hydrogen) atoms.